The van der Waals surface area contributed by atoms with E-state index in [-0.39, 0.29) is 16.8 Å². The zero-order valence-electron chi connectivity index (χ0n) is 18.3. The smallest absolute Gasteiger partial charge is 0.328 e. The number of nitrogens with zero attached hydrogens (tertiary/aromatic N) is 1. The van der Waals surface area contributed by atoms with E-state index in [1.165, 1.54) is 0 Å². The number of aromatic amines is 2. The van der Waals surface area contributed by atoms with Crippen molar-refractivity contribution in [3.63, 3.8) is 0 Å². The third kappa shape index (κ3) is 3.42. The molecule has 0 radical (unpaired) electrons. The van der Waals surface area contributed by atoms with Crippen LogP contribution in [0.3, 0.4) is 0 Å². The predicted octanol–water partition coefficient (Wildman–Crippen LogP) is 4.05. The molecule has 7 heteroatoms. The number of aromatic nitrogens is 3. The van der Waals surface area contributed by atoms with Gasteiger partial charge < -0.3 is 9.67 Å². The molecule has 0 aliphatic heterocycles. The summed E-state index contributed by atoms with van der Waals surface area (Å²) in [5, 5.41) is 10.7. The summed E-state index contributed by atoms with van der Waals surface area (Å²) in [6.07, 6.45) is 0.910. The van der Waals surface area contributed by atoms with E-state index in [1.807, 2.05) is 79.1 Å². The summed E-state index contributed by atoms with van der Waals surface area (Å²) in [4.78, 5) is 42.7. The van der Waals surface area contributed by atoms with Gasteiger partial charge in [0.25, 0.3) is 5.56 Å². The minimum absolute atomic E-state index is 0.104. The van der Waals surface area contributed by atoms with Gasteiger partial charge in [-0.05, 0) is 29.5 Å². The highest BCUT2D eigenvalue weighted by atomic mass is 16.3. The summed E-state index contributed by atoms with van der Waals surface area (Å²) >= 11 is 0. The highest BCUT2D eigenvalue weighted by Gasteiger charge is 2.39. The summed E-state index contributed by atoms with van der Waals surface area (Å²) in [7, 11) is 0. The molecule has 1 aliphatic carbocycles. The predicted molar refractivity (Wildman–Crippen MR) is 126 cm³/mol. The largest absolute Gasteiger partial charge is 0.494 e. The lowest BCUT2D eigenvalue weighted by atomic mass is 9.75. The number of hydrogen-bond donors (Lipinski definition) is 3. The van der Waals surface area contributed by atoms with E-state index in [4.69, 9.17) is 0 Å². The molecule has 3 N–H and O–H groups in total. The van der Waals surface area contributed by atoms with Crippen molar-refractivity contribution >= 4 is 5.78 Å². The molecule has 1 aliphatic rings. The molecule has 2 aromatic heterocycles. The molecule has 0 saturated carbocycles. The molecule has 2 heterocycles. The number of benzene rings is 2. The summed E-state index contributed by atoms with van der Waals surface area (Å²) < 4.78 is 2.00. The number of carbonyl (C=O) groups is 1. The van der Waals surface area contributed by atoms with Crippen LogP contribution < -0.4 is 11.2 Å². The standard InChI is InChI=1S/C26H23N3O4/c1-26(2)13-17-19(18(30)14-26)20(21-23(31)27-25(33)28-24(21)32)22(15-9-5-3-6-10-15)29(17)16-11-7-4-8-12-16/h3-12H,13-14H2,1-2H3,(H3,27,28,31,32,33). The van der Waals surface area contributed by atoms with E-state index in [0.29, 0.717) is 29.7 Å². The van der Waals surface area contributed by atoms with Crippen LogP contribution in [0.1, 0.15) is 36.3 Å². The second-order valence-electron chi connectivity index (χ2n) is 9.16. The normalized spacial score (nSPS) is 14.8. The molecular formula is C26H23N3O4. The van der Waals surface area contributed by atoms with Gasteiger partial charge in [-0.15, -0.1) is 0 Å². The van der Waals surface area contributed by atoms with Crippen molar-refractivity contribution in [3.8, 4) is 34.0 Å². The Bertz CT molecular complexity index is 1490. The SMILES string of the molecule is CC1(C)CC(=O)c2c(-c3c(O)[nH]c(=O)[nH]c3=O)c(-c3ccccc3)n(-c3ccccc3)c2C1. The monoisotopic (exact) mass is 441 g/mol. The first-order valence-corrected chi connectivity index (χ1v) is 10.7. The molecule has 0 amide bonds. The van der Waals surface area contributed by atoms with Crippen molar-refractivity contribution in [3.05, 3.63) is 92.8 Å². The van der Waals surface area contributed by atoms with Crippen LogP contribution in [0.25, 0.3) is 28.1 Å². The maximum Gasteiger partial charge on any atom is 0.328 e. The summed E-state index contributed by atoms with van der Waals surface area (Å²) in [5.74, 6) is -0.667. The topological polar surface area (TPSA) is 108 Å². The minimum atomic E-state index is -0.814. The summed E-state index contributed by atoms with van der Waals surface area (Å²) in [5.41, 5.74) is 1.79. The van der Waals surface area contributed by atoms with Gasteiger partial charge >= 0.3 is 5.69 Å². The van der Waals surface area contributed by atoms with E-state index >= 15 is 0 Å². The van der Waals surface area contributed by atoms with Crippen LogP contribution in [0.4, 0.5) is 0 Å². The van der Waals surface area contributed by atoms with Gasteiger partial charge in [-0.1, -0.05) is 62.4 Å². The summed E-state index contributed by atoms with van der Waals surface area (Å²) in [6.45, 7) is 4.09. The van der Waals surface area contributed by atoms with E-state index in [1.54, 1.807) is 0 Å². The molecule has 4 aromatic rings. The Balaban J connectivity index is 2.01. The summed E-state index contributed by atoms with van der Waals surface area (Å²) in [6, 6.07) is 19.1. The Morgan fingerprint density at radius 3 is 2.09 bits per heavy atom. The van der Waals surface area contributed by atoms with E-state index in [0.717, 1.165) is 16.9 Å². The van der Waals surface area contributed by atoms with Crippen LogP contribution in [-0.4, -0.2) is 25.4 Å². The first-order valence-electron chi connectivity index (χ1n) is 10.7. The second-order valence-corrected chi connectivity index (χ2v) is 9.16. The third-order valence-electron chi connectivity index (χ3n) is 6.07. The molecule has 33 heavy (non-hydrogen) atoms. The number of rotatable bonds is 3. The average molecular weight is 441 g/mol. The molecule has 0 fully saturated rings. The number of nitrogens with one attached hydrogen (secondary N) is 2. The maximum absolute atomic E-state index is 13.5. The van der Waals surface area contributed by atoms with Crippen molar-refractivity contribution in [2.45, 2.75) is 26.7 Å². The lowest BCUT2D eigenvalue weighted by molar-refractivity contribution is 0.0911. The lowest BCUT2D eigenvalue weighted by Crippen LogP contribution is -2.28. The van der Waals surface area contributed by atoms with Crippen LogP contribution in [0.15, 0.2) is 70.3 Å². The van der Waals surface area contributed by atoms with Crippen molar-refractivity contribution in [2.75, 3.05) is 0 Å². The second kappa shape index (κ2) is 7.48. The quantitative estimate of drug-likeness (QED) is 0.446. The van der Waals surface area contributed by atoms with E-state index in [2.05, 4.69) is 9.97 Å². The zero-order chi connectivity index (χ0) is 23.3. The molecule has 0 unspecified atom stereocenters. The van der Waals surface area contributed by atoms with Gasteiger partial charge in [0.2, 0.25) is 5.88 Å². The number of carbonyl (C=O) groups excluding carboxylic acids is 1. The minimum Gasteiger partial charge on any atom is -0.494 e. The van der Waals surface area contributed by atoms with E-state index < -0.39 is 17.1 Å². The fraction of sp³-hybridized carbons (Fsp3) is 0.192. The van der Waals surface area contributed by atoms with Crippen molar-refractivity contribution in [1.82, 2.24) is 14.5 Å². The van der Waals surface area contributed by atoms with Gasteiger partial charge in [-0.3, -0.25) is 19.6 Å². The molecule has 0 spiro atoms. The maximum atomic E-state index is 13.5. The Morgan fingerprint density at radius 2 is 1.45 bits per heavy atom. The van der Waals surface area contributed by atoms with Gasteiger partial charge in [0.15, 0.2) is 5.78 Å². The highest BCUT2D eigenvalue weighted by molar-refractivity contribution is 6.09. The third-order valence-corrected chi connectivity index (χ3v) is 6.07. The van der Waals surface area contributed by atoms with Crippen LogP contribution in [-0.2, 0) is 6.42 Å². The molecule has 166 valence electrons. The van der Waals surface area contributed by atoms with Crippen LogP contribution in [0.2, 0.25) is 0 Å². The Labute approximate surface area is 189 Å². The van der Waals surface area contributed by atoms with Gasteiger partial charge in [0.05, 0.1) is 5.69 Å². The van der Waals surface area contributed by atoms with Gasteiger partial charge in [-0.2, -0.15) is 0 Å². The molecule has 5 rings (SSSR count). The Kier molecular flexibility index (Phi) is 4.70. The van der Waals surface area contributed by atoms with Crippen molar-refractivity contribution in [1.29, 1.82) is 0 Å². The zero-order valence-corrected chi connectivity index (χ0v) is 18.3. The van der Waals surface area contributed by atoms with Gasteiger partial charge in [0.1, 0.15) is 5.56 Å². The molecule has 0 atom stereocenters. The highest BCUT2D eigenvalue weighted by Crippen LogP contribution is 2.47. The number of ketones is 1. The van der Waals surface area contributed by atoms with Gasteiger partial charge in [0, 0.05) is 28.9 Å². The van der Waals surface area contributed by atoms with Crippen LogP contribution >= 0.6 is 0 Å². The van der Waals surface area contributed by atoms with Crippen molar-refractivity contribution in [2.24, 2.45) is 5.41 Å². The molecule has 2 aromatic carbocycles. The van der Waals surface area contributed by atoms with Gasteiger partial charge in [-0.25, -0.2) is 4.79 Å². The number of Topliss-reactive ketones (excluding diaryl/α,β-unsaturated/α-hetero) is 1. The average Bonchev–Trinajstić information content (AvgIpc) is 3.08. The Morgan fingerprint density at radius 1 is 0.818 bits per heavy atom. The molecule has 7 nitrogen and oxygen atoms in total. The number of fused-ring (bicyclic) bond motifs is 1. The molecule has 0 saturated heterocycles. The fourth-order valence-electron chi connectivity index (χ4n) is 4.81. The first-order chi connectivity index (χ1) is 15.8. The van der Waals surface area contributed by atoms with Crippen LogP contribution in [0.5, 0.6) is 5.88 Å². The number of hydrogen-bond acceptors (Lipinski definition) is 4. The lowest BCUT2D eigenvalue weighted by Gasteiger charge is -2.30. The Hall–Kier alpha value is -4.13. The number of H-pyrrole nitrogens is 2. The number of aromatic hydroxyl groups is 1. The fourth-order valence-corrected chi connectivity index (χ4v) is 4.81. The van der Waals surface area contributed by atoms with Crippen molar-refractivity contribution < 1.29 is 9.90 Å². The van der Waals surface area contributed by atoms with E-state index in [9.17, 15) is 19.5 Å². The number of para-hydroxylation sites is 1. The first kappa shape index (κ1) is 20.8. The molecular weight excluding hydrogens is 418 g/mol. The molecule has 0 bridgehead atoms. The van der Waals surface area contributed by atoms with Crippen LogP contribution in [0, 0.1) is 5.41 Å².